The highest BCUT2D eigenvalue weighted by Gasteiger charge is 2.23. The van der Waals surface area contributed by atoms with E-state index in [1.807, 2.05) is 0 Å². The first-order chi connectivity index (χ1) is 12.2. The fraction of sp³-hybridized carbons (Fsp3) is 1.00. The molecule has 0 saturated heterocycles. The van der Waals surface area contributed by atoms with Gasteiger partial charge in [0.1, 0.15) is 0 Å². The van der Waals surface area contributed by atoms with E-state index in [2.05, 4.69) is 20.0 Å². The SMILES string of the molecule is CCCCCCCCCCCCC(CCO[Si](C)C)C1CCCCC1. The molecule has 1 aliphatic rings. The molecule has 1 nitrogen and oxygen atoms in total. The van der Waals surface area contributed by atoms with Gasteiger partial charge in [-0.3, -0.25) is 0 Å². The quantitative estimate of drug-likeness (QED) is 0.197. The molecule has 2 heteroatoms. The molecule has 0 aromatic heterocycles. The predicted octanol–water partition coefficient (Wildman–Crippen LogP) is 8.15. The average Bonchev–Trinajstić information content (AvgIpc) is 2.62. The Morgan fingerprint density at radius 1 is 0.760 bits per heavy atom. The lowest BCUT2D eigenvalue weighted by Crippen LogP contribution is -2.21. The zero-order valence-corrected chi connectivity index (χ0v) is 18.8. The van der Waals surface area contributed by atoms with Gasteiger partial charge in [0.15, 0.2) is 0 Å². The van der Waals surface area contributed by atoms with Crippen LogP contribution >= 0.6 is 0 Å². The van der Waals surface area contributed by atoms with Crippen molar-refractivity contribution >= 4 is 9.04 Å². The molecule has 1 atom stereocenters. The monoisotopic (exact) mass is 367 g/mol. The molecule has 0 heterocycles. The van der Waals surface area contributed by atoms with Crippen molar-refractivity contribution in [2.24, 2.45) is 11.8 Å². The first-order valence-electron chi connectivity index (χ1n) is 11.7. The van der Waals surface area contributed by atoms with Gasteiger partial charge in [-0.1, -0.05) is 110 Å². The first kappa shape index (κ1) is 23.2. The van der Waals surface area contributed by atoms with Crippen molar-refractivity contribution in [3.05, 3.63) is 0 Å². The van der Waals surface area contributed by atoms with E-state index < -0.39 is 9.04 Å². The maximum atomic E-state index is 5.96. The minimum Gasteiger partial charge on any atom is -0.417 e. The van der Waals surface area contributed by atoms with Crippen molar-refractivity contribution in [1.82, 2.24) is 0 Å². The summed E-state index contributed by atoms with van der Waals surface area (Å²) in [5.74, 6) is 1.97. The van der Waals surface area contributed by atoms with Crippen molar-refractivity contribution in [3.63, 3.8) is 0 Å². The second-order valence-electron chi connectivity index (χ2n) is 8.67. The summed E-state index contributed by atoms with van der Waals surface area (Å²) >= 11 is 0. The second kappa shape index (κ2) is 16.4. The topological polar surface area (TPSA) is 9.23 Å². The minimum atomic E-state index is -0.503. The summed E-state index contributed by atoms with van der Waals surface area (Å²) in [6.45, 7) is 7.86. The van der Waals surface area contributed by atoms with Crippen LogP contribution in [-0.2, 0) is 4.43 Å². The van der Waals surface area contributed by atoms with E-state index in [0.717, 1.165) is 18.4 Å². The van der Waals surface area contributed by atoms with Crippen LogP contribution in [0.25, 0.3) is 0 Å². The minimum absolute atomic E-state index is 0.503. The second-order valence-corrected chi connectivity index (χ2v) is 10.8. The lowest BCUT2D eigenvalue weighted by molar-refractivity contribution is 0.185. The molecule has 0 aliphatic heterocycles. The van der Waals surface area contributed by atoms with Gasteiger partial charge < -0.3 is 4.43 Å². The summed E-state index contributed by atoms with van der Waals surface area (Å²) in [6, 6.07) is 0. The largest absolute Gasteiger partial charge is 0.417 e. The molecule has 1 radical (unpaired) electrons. The molecule has 149 valence electrons. The van der Waals surface area contributed by atoms with Crippen LogP contribution in [0.4, 0.5) is 0 Å². The Labute approximate surface area is 161 Å². The molecule has 0 aromatic carbocycles. The summed E-state index contributed by atoms with van der Waals surface area (Å²) in [4.78, 5) is 0. The Balaban J connectivity index is 2.08. The molecule has 0 aromatic rings. The highest BCUT2D eigenvalue weighted by Crippen LogP contribution is 2.34. The van der Waals surface area contributed by atoms with Crippen LogP contribution < -0.4 is 0 Å². The lowest BCUT2D eigenvalue weighted by Gasteiger charge is -2.30. The summed E-state index contributed by atoms with van der Waals surface area (Å²) in [6.07, 6.45) is 24.8. The van der Waals surface area contributed by atoms with Crippen molar-refractivity contribution in [2.75, 3.05) is 6.61 Å². The zero-order chi connectivity index (χ0) is 18.2. The fourth-order valence-corrected chi connectivity index (χ4v) is 5.06. The van der Waals surface area contributed by atoms with E-state index in [-0.39, 0.29) is 0 Å². The number of unbranched alkanes of at least 4 members (excludes halogenated alkanes) is 9. The highest BCUT2D eigenvalue weighted by molar-refractivity contribution is 6.48. The smallest absolute Gasteiger partial charge is 0.204 e. The van der Waals surface area contributed by atoms with Gasteiger partial charge in [0.2, 0.25) is 9.04 Å². The first-order valence-corrected chi connectivity index (χ1v) is 14.1. The maximum absolute atomic E-state index is 5.96. The van der Waals surface area contributed by atoms with Crippen LogP contribution in [0.3, 0.4) is 0 Å². The normalized spacial score (nSPS) is 17.3. The molecule has 1 fully saturated rings. The Hall–Kier alpha value is 0.177. The third kappa shape index (κ3) is 13.1. The molecule has 25 heavy (non-hydrogen) atoms. The van der Waals surface area contributed by atoms with E-state index in [0.29, 0.717) is 0 Å². The van der Waals surface area contributed by atoms with Gasteiger partial charge in [-0.05, 0) is 31.4 Å². The van der Waals surface area contributed by atoms with Gasteiger partial charge >= 0.3 is 0 Å². The van der Waals surface area contributed by atoms with Crippen molar-refractivity contribution in [1.29, 1.82) is 0 Å². The van der Waals surface area contributed by atoms with Crippen LogP contribution in [0.5, 0.6) is 0 Å². The molecule has 0 spiro atoms. The molecule has 1 unspecified atom stereocenters. The van der Waals surface area contributed by atoms with Gasteiger partial charge in [-0.2, -0.15) is 0 Å². The Kier molecular flexibility index (Phi) is 15.2. The molecule has 1 aliphatic carbocycles. The lowest BCUT2D eigenvalue weighted by atomic mass is 9.76. The van der Waals surface area contributed by atoms with Crippen molar-refractivity contribution in [2.45, 2.75) is 129 Å². The molecule has 0 bridgehead atoms. The zero-order valence-electron chi connectivity index (χ0n) is 17.8. The summed E-state index contributed by atoms with van der Waals surface area (Å²) in [5.41, 5.74) is 0. The molecule has 1 saturated carbocycles. The summed E-state index contributed by atoms with van der Waals surface area (Å²) in [5, 5.41) is 0. The number of hydrogen-bond donors (Lipinski definition) is 0. The van der Waals surface area contributed by atoms with Crippen LogP contribution in [0, 0.1) is 11.8 Å². The summed E-state index contributed by atoms with van der Waals surface area (Å²) in [7, 11) is -0.503. The molecule has 0 N–H and O–H groups in total. The van der Waals surface area contributed by atoms with Crippen LogP contribution in [0.15, 0.2) is 0 Å². The van der Waals surface area contributed by atoms with Gasteiger partial charge in [-0.15, -0.1) is 0 Å². The highest BCUT2D eigenvalue weighted by atomic mass is 28.3. The Bertz CT molecular complexity index is 273. The molecular weight excluding hydrogens is 320 g/mol. The van der Waals surface area contributed by atoms with Gasteiger partial charge in [0, 0.05) is 6.61 Å². The van der Waals surface area contributed by atoms with E-state index in [1.54, 1.807) is 0 Å². The predicted molar refractivity (Wildman–Crippen MR) is 115 cm³/mol. The van der Waals surface area contributed by atoms with E-state index in [4.69, 9.17) is 4.43 Å². The van der Waals surface area contributed by atoms with Crippen LogP contribution in [0.2, 0.25) is 13.1 Å². The fourth-order valence-electron chi connectivity index (χ4n) is 4.53. The third-order valence-electron chi connectivity index (χ3n) is 6.12. The van der Waals surface area contributed by atoms with Crippen LogP contribution in [-0.4, -0.2) is 15.6 Å². The summed E-state index contributed by atoms with van der Waals surface area (Å²) < 4.78 is 5.96. The van der Waals surface area contributed by atoms with Crippen LogP contribution in [0.1, 0.15) is 116 Å². The van der Waals surface area contributed by atoms with E-state index >= 15 is 0 Å². The molecular formula is C23H47OSi. The van der Waals surface area contributed by atoms with Crippen molar-refractivity contribution < 1.29 is 4.43 Å². The third-order valence-corrected chi connectivity index (χ3v) is 6.91. The van der Waals surface area contributed by atoms with Crippen molar-refractivity contribution in [3.8, 4) is 0 Å². The molecule has 1 rings (SSSR count). The Morgan fingerprint density at radius 2 is 1.32 bits per heavy atom. The number of hydrogen-bond acceptors (Lipinski definition) is 1. The maximum Gasteiger partial charge on any atom is 0.204 e. The Morgan fingerprint density at radius 3 is 1.88 bits per heavy atom. The van der Waals surface area contributed by atoms with E-state index in [9.17, 15) is 0 Å². The average molecular weight is 368 g/mol. The van der Waals surface area contributed by atoms with Gasteiger partial charge in [-0.25, -0.2) is 0 Å². The van der Waals surface area contributed by atoms with Gasteiger partial charge in [0.05, 0.1) is 0 Å². The standard InChI is InChI=1S/C23H47OSi/c1-4-5-6-7-8-9-10-11-12-14-19-23(20-21-24-25(2)3)22-17-15-13-16-18-22/h22-23H,4-21H2,1-3H3. The molecule has 0 amide bonds. The van der Waals surface area contributed by atoms with E-state index in [1.165, 1.54) is 109 Å². The number of rotatable bonds is 16. The van der Waals surface area contributed by atoms with Gasteiger partial charge in [0.25, 0.3) is 0 Å².